The molecule has 0 aromatic heterocycles. The third kappa shape index (κ3) is 1.56. The van der Waals surface area contributed by atoms with Crippen molar-refractivity contribution < 1.29 is 30.8 Å². The molecule has 0 amide bonds. The van der Waals surface area contributed by atoms with Crippen LogP contribution in [0.4, 0.5) is 8.78 Å². The van der Waals surface area contributed by atoms with Crippen molar-refractivity contribution in [2.24, 2.45) is 5.92 Å². The van der Waals surface area contributed by atoms with Gasteiger partial charge in [-0.1, -0.05) is 24.3 Å². The first kappa shape index (κ1) is 14.2. The molecule has 2 nitrogen and oxygen atoms in total. The molecule has 1 heterocycles. The summed E-state index contributed by atoms with van der Waals surface area (Å²) in [6.45, 7) is 2.59. The predicted molar refractivity (Wildman–Crippen MR) is 66.4 cm³/mol. The van der Waals surface area contributed by atoms with E-state index in [1.54, 1.807) is 0 Å². The van der Waals surface area contributed by atoms with Crippen molar-refractivity contribution in [1.82, 2.24) is 0 Å². The van der Waals surface area contributed by atoms with E-state index in [2.05, 4.69) is 0 Å². The summed E-state index contributed by atoms with van der Waals surface area (Å²) in [5.41, 5.74) is 1.06. The van der Waals surface area contributed by atoms with Gasteiger partial charge in [0.05, 0.1) is 19.1 Å². The number of rotatable bonds is 1. The minimum atomic E-state index is -2.55. The number of morpholine rings is 1. The molecule has 2 fully saturated rings. The molecule has 1 aromatic rings. The Labute approximate surface area is 123 Å². The number of hydrogen-bond donors (Lipinski definition) is 1. The van der Waals surface area contributed by atoms with Crippen LogP contribution in [-0.4, -0.2) is 32.2 Å². The number of ether oxygens (including phenoxy) is 1. The third-order valence-electron chi connectivity index (χ3n) is 5.20. The van der Waals surface area contributed by atoms with E-state index in [1.165, 1.54) is 0 Å². The number of hydrogen-bond acceptors (Lipinski definition) is 1. The Balaban J connectivity index is 0.00000121. The van der Waals surface area contributed by atoms with Crippen molar-refractivity contribution in [3.63, 3.8) is 0 Å². The van der Waals surface area contributed by atoms with E-state index in [1.807, 2.05) is 24.3 Å². The fourth-order valence-electron chi connectivity index (χ4n) is 4.35. The molecule has 3 aliphatic rings. The summed E-state index contributed by atoms with van der Waals surface area (Å²) in [6.07, 6.45) is 1.41. The van der Waals surface area contributed by atoms with Crippen LogP contribution in [0.5, 0.6) is 0 Å². The Hall–Kier alpha value is -0.710. The van der Waals surface area contributed by atoms with Gasteiger partial charge >= 0.3 is 5.92 Å². The minimum absolute atomic E-state index is 0. The van der Waals surface area contributed by atoms with Crippen molar-refractivity contribution in [3.05, 3.63) is 35.4 Å². The highest BCUT2D eigenvalue weighted by molar-refractivity contribution is 5.45. The lowest BCUT2D eigenvalue weighted by molar-refractivity contribution is -0.957. The molecular formula is C15H18ClF2NO. The second kappa shape index (κ2) is 4.65. The molecule has 2 aliphatic carbocycles. The van der Waals surface area contributed by atoms with Crippen LogP contribution in [-0.2, 0) is 16.7 Å². The van der Waals surface area contributed by atoms with Gasteiger partial charge in [0.2, 0.25) is 0 Å². The van der Waals surface area contributed by atoms with Crippen molar-refractivity contribution in [1.29, 1.82) is 0 Å². The van der Waals surface area contributed by atoms with Crippen molar-refractivity contribution >= 4 is 0 Å². The molecule has 1 aromatic carbocycles. The molecule has 1 N–H and O–H groups in total. The molecule has 0 spiro atoms. The number of aryl methyl sites for hydroxylation is 1. The Kier molecular flexibility index (Phi) is 3.31. The minimum Gasteiger partial charge on any atom is -1.00 e. The zero-order valence-corrected chi connectivity index (χ0v) is 11.9. The van der Waals surface area contributed by atoms with E-state index < -0.39 is 17.4 Å². The monoisotopic (exact) mass is 301 g/mol. The zero-order valence-electron chi connectivity index (χ0n) is 11.2. The van der Waals surface area contributed by atoms with Crippen LogP contribution in [0.1, 0.15) is 17.5 Å². The van der Waals surface area contributed by atoms with E-state index in [0.717, 1.165) is 22.4 Å². The quantitative estimate of drug-likeness (QED) is 0.634. The maximum atomic E-state index is 14.6. The Morgan fingerprint density at radius 2 is 1.85 bits per heavy atom. The van der Waals surface area contributed by atoms with Gasteiger partial charge in [-0.15, -0.1) is 0 Å². The van der Waals surface area contributed by atoms with E-state index in [0.29, 0.717) is 32.7 Å². The molecule has 5 heteroatoms. The smallest absolute Gasteiger partial charge is 0.315 e. The van der Waals surface area contributed by atoms with Gasteiger partial charge in [-0.25, -0.2) is 0 Å². The second-order valence-corrected chi connectivity index (χ2v) is 5.90. The molecule has 0 unspecified atom stereocenters. The fraction of sp³-hybridized carbons (Fsp3) is 0.600. The van der Waals surface area contributed by atoms with Crippen LogP contribution in [0.3, 0.4) is 0 Å². The molecule has 110 valence electrons. The van der Waals surface area contributed by atoms with E-state index in [4.69, 9.17) is 4.74 Å². The van der Waals surface area contributed by atoms with Gasteiger partial charge in [-0.2, -0.15) is 8.78 Å². The van der Waals surface area contributed by atoms with Gasteiger partial charge < -0.3 is 22.0 Å². The standard InChI is InChI=1S/C15H17F2NO.ClH/c16-15(17)13-6-5-11-3-1-2-4-12(11)14(13,15)18-7-9-19-10-8-18;/h1-4,13H,5-10H2;1H/t13-,14-;/m1./s1. The van der Waals surface area contributed by atoms with Gasteiger partial charge in [-0.3, -0.25) is 0 Å². The van der Waals surface area contributed by atoms with Crippen LogP contribution in [0.15, 0.2) is 24.3 Å². The average molecular weight is 302 g/mol. The van der Waals surface area contributed by atoms with Crippen LogP contribution >= 0.6 is 0 Å². The summed E-state index contributed by atoms with van der Waals surface area (Å²) in [6, 6.07) is 7.80. The summed E-state index contributed by atoms with van der Waals surface area (Å²) < 4.78 is 34.5. The highest BCUT2D eigenvalue weighted by atomic mass is 35.5. The number of alkyl halides is 2. The van der Waals surface area contributed by atoms with Crippen LogP contribution in [0.2, 0.25) is 0 Å². The fourth-order valence-corrected chi connectivity index (χ4v) is 4.35. The van der Waals surface area contributed by atoms with Gasteiger partial charge in [0.25, 0.3) is 0 Å². The summed E-state index contributed by atoms with van der Waals surface area (Å²) in [5, 5.41) is 0. The lowest BCUT2D eigenvalue weighted by Crippen LogP contribution is -3.19. The normalized spacial score (nSPS) is 34.6. The molecule has 20 heavy (non-hydrogen) atoms. The Morgan fingerprint density at radius 3 is 2.60 bits per heavy atom. The highest BCUT2D eigenvalue weighted by Gasteiger charge is 2.88. The van der Waals surface area contributed by atoms with Gasteiger partial charge in [0.1, 0.15) is 13.1 Å². The van der Waals surface area contributed by atoms with Crippen molar-refractivity contribution in [2.75, 3.05) is 26.3 Å². The maximum Gasteiger partial charge on any atom is 0.315 e. The summed E-state index contributed by atoms with van der Waals surface area (Å²) in [4.78, 5) is 1.03. The van der Waals surface area contributed by atoms with Crippen LogP contribution in [0, 0.1) is 5.92 Å². The van der Waals surface area contributed by atoms with E-state index >= 15 is 0 Å². The Bertz CT molecular complexity index is 518. The molecule has 0 bridgehead atoms. The van der Waals surface area contributed by atoms with Crippen molar-refractivity contribution in [3.8, 4) is 0 Å². The first-order valence-corrected chi connectivity index (χ1v) is 7.08. The van der Waals surface area contributed by atoms with E-state index in [-0.39, 0.29) is 12.4 Å². The maximum absolute atomic E-state index is 14.6. The van der Waals surface area contributed by atoms with Gasteiger partial charge in [0.15, 0.2) is 5.54 Å². The number of benzene rings is 1. The number of halogens is 3. The number of fused-ring (bicyclic) bond motifs is 3. The predicted octanol–water partition coefficient (Wildman–Crippen LogP) is -1.99. The SMILES string of the molecule is FC1(F)[C@@H]2CCc3ccccc3[C@@]21[NH+]1CCOCC1.[Cl-]. The second-order valence-electron chi connectivity index (χ2n) is 5.90. The topological polar surface area (TPSA) is 13.7 Å². The molecule has 4 rings (SSSR count). The Morgan fingerprint density at radius 1 is 1.15 bits per heavy atom. The molecule has 1 saturated carbocycles. The lowest BCUT2D eigenvalue weighted by atomic mass is 9.86. The molecule has 2 atom stereocenters. The van der Waals surface area contributed by atoms with Crippen LogP contribution in [0.25, 0.3) is 0 Å². The first-order chi connectivity index (χ1) is 9.19. The highest BCUT2D eigenvalue weighted by Crippen LogP contribution is 2.67. The third-order valence-corrected chi connectivity index (χ3v) is 5.20. The van der Waals surface area contributed by atoms with Gasteiger partial charge in [0, 0.05) is 5.56 Å². The first-order valence-electron chi connectivity index (χ1n) is 7.08. The molecule has 1 aliphatic heterocycles. The number of nitrogens with one attached hydrogen (secondary N) is 1. The van der Waals surface area contributed by atoms with E-state index in [9.17, 15) is 8.78 Å². The zero-order chi connectivity index (χ0) is 13.1. The molecule has 0 radical (unpaired) electrons. The molecular weight excluding hydrogens is 284 g/mol. The molecule has 1 saturated heterocycles. The van der Waals surface area contributed by atoms with Crippen LogP contribution < -0.4 is 17.3 Å². The number of quaternary nitrogens is 1. The summed E-state index contributed by atoms with van der Waals surface area (Å²) >= 11 is 0. The summed E-state index contributed by atoms with van der Waals surface area (Å²) in [7, 11) is 0. The van der Waals surface area contributed by atoms with Crippen molar-refractivity contribution in [2.45, 2.75) is 24.3 Å². The average Bonchev–Trinajstić information content (AvgIpc) is 2.98. The summed E-state index contributed by atoms with van der Waals surface area (Å²) in [5.74, 6) is -3.02. The van der Waals surface area contributed by atoms with Gasteiger partial charge in [-0.05, 0) is 18.4 Å². The lowest BCUT2D eigenvalue weighted by Gasteiger charge is -2.35. The largest absolute Gasteiger partial charge is 1.00 e.